The molecule has 2 N–H and O–H groups in total. The first kappa shape index (κ1) is 24.2. The van der Waals surface area contributed by atoms with Crippen molar-refractivity contribution in [3.05, 3.63) is 52.5 Å². The number of para-hydroxylation sites is 2. The molecule has 0 aromatic heterocycles. The zero-order chi connectivity index (χ0) is 22.1. The molecule has 162 valence electrons. The molecule has 0 aliphatic carbocycles. The normalized spacial score (nSPS) is 10.8. The molecule has 2 rings (SSSR count). The van der Waals surface area contributed by atoms with Crippen molar-refractivity contribution in [1.29, 1.82) is 0 Å². The summed E-state index contributed by atoms with van der Waals surface area (Å²) in [5.41, 5.74) is 1.12. The lowest BCUT2D eigenvalue weighted by Crippen LogP contribution is -2.34. The smallest absolute Gasteiger partial charge is 0.261 e. The van der Waals surface area contributed by atoms with Gasteiger partial charge in [-0.3, -0.25) is 10.1 Å². The third-order valence-corrected chi connectivity index (χ3v) is 4.77. The van der Waals surface area contributed by atoms with Crippen LogP contribution in [0.2, 0.25) is 0 Å². The van der Waals surface area contributed by atoms with Gasteiger partial charge in [-0.25, -0.2) is 0 Å². The summed E-state index contributed by atoms with van der Waals surface area (Å²) in [6.45, 7) is 9.56. The van der Waals surface area contributed by atoms with Gasteiger partial charge >= 0.3 is 0 Å². The number of carbonyl (C=O) groups excluding carboxylic acids is 1. The third kappa shape index (κ3) is 7.95. The van der Waals surface area contributed by atoms with Gasteiger partial charge in [-0.2, -0.15) is 0 Å². The molecule has 0 bridgehead atoms. The molecular formula is C23H29BrN2O3S. The average Bonchev–Trinajstić information content (AvgIpc) is 2.68. The van der Waals surface area contributed by atoms with Gasteiger partial charge in [-0.05, 0) is 60.8 Å². The predicted octanol–water partition coefficient (Wildman–Crippen LogP) is 6.04. The number of benzene rings is 2. The van der Waals surface area contributed by atoms with E-state index in [9.17, 15) is 4.79 Å². The molecule has 0 spiro atoms. The van der Waals surface area contributed by atoms with Crippen molar-refractivity contribution in [2.24, 2.45) is 11.8 Å². The monoisotopic (exact) mass is 492 g/mol. The first-order valence-corrected chi connectivity index (χ1v) is 11.2. The van der Waals surface area contributed by atoms with Crippen LogP contribution >= 0.6 is 28.1 Å². The number of hydrogen-bond acceptors (Lipinski definition) is 4. The Balaban J connectivity index is 2.06. The number of amides is 1. The van der Waals surface area contributed by atoms with Gasteiger partial charge in [0.25, 0.3) is 5.91 Å². The molecule has 0 radical (unpaired) electrons. The van der Waals surface area contributed by atoms with Crippen LogP contribution in [-0.4, -0.2) is 24.2 Å². The Morgan fingerprint density at radius 1 is 1.03 bits per heavy atom. The van der Waals surface area contributed by atoms with Crippen LogP contribution in [0.3, 0.4) is 0 Å². The topological polar surface area (TPSA) is 59.6 Å². The number of carbonyl (C=O) groups is 1. The molecule has 1 amide bonds. The van der Waals surface area contributed by atoms with Gasteiger partial charge in [0, 0.05) is 4.47 Å². The van der Waals surface area contributed by atoms with Crippen LogP contribution in [0.5, 0.6) is 11.5 Å². The van der Waals surface area contributed by atoms with Gasteiger partial charge in [0.2, 0.25) is 0 Å². The Morgan fingerprint density at radius 3 is 2.47 bits per heavy atom. The molecule has 5 nitrogen and oxygen atoms in total. The van der Waals surface area contributed by atoms with Gasteiger partial charge < -0.3 is 14.8 Å². The minimum Gasteiger partial charge on any atom is -0.493 e. The molecule has 2 aromatic rings. The van der Waals surface area contributed by atoms with Gasteiger partial charge in [0.05, 0.1) is 24.5 Å². The highest BCUT2D eigenvalue weighted by molar-refractivity contribution is 9.10. The van der Waals surface area contributed by atoms with Crippen LogP contribution in [0.4, 0.5) is 5.69 Å². The molecule has 30 heavy (non-hydrogen) atoms. The third-order valence-electron chi connectivity index (χ3n) is 4.07. The molecule has 0 unspecified atom stereocenters. The summed E-state index contributed by atoms with van der Waals surface area (Å²) in [6.07, 6.45) is 0.907. The van der Waals surface area contributed by atoms with Crippen molar-refractivity contribution >= 4 is 44.9 Å². The van der Waals surface area contributed by atoms with Crippen LogP contribution in [-0.2, 0) is 0 Å². The van der Waals surface area contributed by atoms with E-state index < -0.39 is 0 Å². The quantitative estimate of drug-likeness (QED) is 0.418. The van der Waals surface area contributed by atoms with Crippen LogP contribution in [0.25, 0.3) is 0 Å². The van der Waals surface area contributed by atoms with E-state index in [1.165, 1.54) is 0 Å². The van der Waals surface area contributed by atoms with E-state index in [-0.39, 0.29) is 11.0 Å². The Labute approximate surface area is 192 Å². The van der Waals surface area contributed by atoms with Crippen molar-refractivity contribution in [2.75, 3.05) is 18.5 Å². The summed E-state index contributed by atoms with van der Waals surface area (Å²) in [4.78, 5) is 12.8. The number of anilines is 1. The van der Waals surface area contributed by atoms with Crippen molar-refractivity contribution < 1.29 is 14.3 Å². The maximum absolute atomic E-state index is 12.8. The van der Waals surface area contributed by atoms with E-state index in [1.807, 2.05) is 30.3 Å². The Morgan fingerprint density at radius 2 is 1.77 bits per heavy atom. The van der Waals surface area contributed by atoms with Gasteiger partial charge in [-0.1, -0.05) is 55.8 Å². The number of halogens is 1. The van der Waals surface area contributed by atoms with Gasteiger partial charge in [0.1, 0.15) is 11.5 Å². The highest BCUT2D eigenvalue weighted by Crippen LogP contribution is 2.25. The summed E-state index contributed by atoms with van der Waals surface area (Å²) >= 11 is 8.77. The lowest BCUT2D eigenvalue weighted by Gasteiger charge is -2.16. The van der Waals surface area contributed by atoms with E-state index in [0.717, 1.165) is 10.9 Å². The first-order chi connectivity index (χ1) is 14.3. The lowest BCUT2D eigenvalue weighted by atomic mass is 10.1. The molecular weight excluding hydrogens is 464 g/mol. The predicted molar refractivity (Wildman–Crippen MR) is 130 cm³/mol. The van der Waals surface area contributed by atoms with Crippen molar-refractivity contribution in [1.82, 2.24) is 5.32 Å². The fourth-order valence-electron chi connectivity index (χ4n) is 2.49. The van der Waals surface area contributed by atoms with Crippen LogP contribution in [0.1, 0.15) is 44.5 Å². The van der Waals surface area contributed by atoms with E-state index in [4.69, 9.17) is 21.7 Å². The number of hydrogen-bond donors (Lipinski definition) is 2. The van der Waals surface area contributed by atoms with E-state index >= 15 is 0 Å². The lowest BCUT2D eigenvalue weighted by molar-refractivity contribution is 0.0973. The Hall–Kier alpha value is -2.12. The van der Waals surface area contributed by atoms with Crippen molar-refractivity contribution in [3.63, 3.8) is 0 Å². The highest BCUT2D eigenvalue weighted by Gasteiger charge is 2.16. The Kier molecular flexibility index (Phi) is 9.59. The molecule has 0 saturated carbocycles. The highest BCUT2D eigenvalue weighted by atomic mass is 79.9. The molecule has 0 heterocycles. The number of ether oxygens (including phenoxy) is 2. The summed E-state index contributed by atoms with van der Waals surface area (Å²) < 4.78 is 12.4. The molecule has 7 heteroatoms. The van der Waals surface area contributed by atoms with E-state index in [1.54, 1.807) is 12.1 Å². The fourth-order valence-corrected chi connectivity index (χ4v) is 3.05. The van der Waals surface area contributed by atoms with Crippen molar-refractivity contribution in [3.8, 4) is 11.5 Å². The minimum absolute atomic E-state index is 0.189. The molecule has 0 atom stereocenters. The first-order valence-electron chi connectivity index (χ1n) is 10.0. The SMILES string of the molecule is CC(C)CCOc1ccc(Br)cc1C(=O)NC(=S)Nc1ccccc1OCC(C)C. The zero-order valence-corrected chi connectivity index (χ0v) is 20.2. The molecule has 0 saturated heterocycles. The molecule has 0 aliphatic rings. The maximum atomic E-state index is 12.8. The minimum atomic E-state index is -0.339. The largest absolute Gasteiger partial charge is 0.493 e. The number of rotatable bonds is 9. The van der Waals surface area contributed by atoms with Gasteiger partial charge in [-0.15, -0.1) is 0 Å². The number of nitrogens with one attached hydrogen (secondary N) is 2. The summed E-state index contributed by atoms with van der Waals surface area (Å²) in [5, 5.41) is 5.97. The molecule has 2 aromatic carbocycles. The number of thiocarbonyl (C=S) groups is 1. The second-order valence-corrected chi connectivity index (χ2v) is 9.10. The van der Waals surface area contributed by atoms with Gasteiger partial charge in [0.15, 0.2) is 5.11 Å². The van der Waals surface area contributed by atoms with Crippen LogP contribution < -0.4 is 20.1 Å². The maximum Gasteiger partial charge on any atom is 0.261 e. The second kappa shape index (κ2) is 11.9. The Bertz CT molecular complexity index is 871. The van der Waals surface area contributed by atoms with Crippen LogP contribution in [0, 0.1) is 11.8 Å². The summed E-state index contributed by atoms with van der Waals surface area (Å²) in [7, 11) is 0. The van der Waals surface area contributed by atoms with Crippen LogP contribution in [0.15, 0.2) is 46.9 Å². The standard InChI is InChI=1S/C23H29BrN2O3S/c1-15(2)11-12-28-20-10-9-17(24)13-18(20)22(27)26-23(30)25-19-7-5-6-8-21(19)29-14-16(3)4/h5-10,13,15-16H,11-12,14H2,1-4H3,(H2,25,26,27,30). The van der Waals surface area contributed by atoms with E-state index in [2.05, 4.69) is 54.3 Å². The summed E-state index contributed by atoms with van der Waals surface area (Å²) in [6, 6.07) is 12.8. The fraction of sp³-hybridized carbons (Fsp3) is 0.391. The molecule has 0 fully saturated rings. The van der Waals surface area contributed by atoms with Crippen molar-refractivity contribution in [2.45, 2.75) is 34.1 Å². The van der Waals surface area contributed by atoms with E-state index in [0.29, 0.717) is 47.8 Å². The second-order valence-electron chi connectivity index (χ2n) is 7.78. The summed E-state index contributed by atoms with van der Waals surface area (Å²) in [5.74, 6) is 1.79. The average molecular weight is 493 g/mol. The molecule has 0 aliphatic heterocycles. The zero-order valence-electron chi connectivity index (χ0n) is 17.8.